The van der Waals surface area contributed by atoms with Gasteiger partial charge < -0.3 is 10.0 Å². The second-order valence-electron chi connectivity index (χ2n) is 7.26. The summed E-state index contributed by atoms with van der Waals surface area (Å²) in [6, 6.07) is 3.84. The minimum Gasteiger partial charge on any atom is -0.396 e. The van der Waals surface area contributed by atoms with E-state index in [1.807, 2.05) is 0 Å². The van der Waals surface area contributed by atoms with E-state index in [0.717, 1.165) is 38.9 Å². The van der Waals surface area contributed by atoms with Gasteiger partial charge >= 0.3 is 0 Å². The lowest BCUT2D eigenvalue weighted by atomic mass is 9.69. The van der Waals surface area contributed by atoms with E-state index in [4.69, 9.17) is 11.6 Å². The molecule has 0 spiro atoms. The van der Waals surface area contributed by atoms with Gasteiger partial charge in [-0.25, -0.2) is 4.39 Å². The number of aliphatic hydroxyl groups is 1. The van der Waals surface area contributed by atoms with Crippen LogP contribution in [0.4, 0.5) is 4.39 Å². The molecule has 1 aromatic rings. The van der Waals surface area contributed by atoms with Crippen LogP contribution in [0, 0.1) is 18.2 Å². The normalized spacial score (nSPS) is 29.5. The first-order valence-electron chi connectivity index (χ1n) is 8.44. The SMILES string of the molecule is Cc1ccc(Cl)c(CN2CC[C@@]3(CO)CCCN(C)[C@@H]3C2)c1F. The number of benzene rings is 1. The minimum atomic E-state index is -0.187. The molecule has 0 bridgehead atoms. The van der Waals surface area contributed by atoms with Crippen molar-refractivity contribution in [1.82, 2.24) is 9.80 Å². The third-order valence-electron chi connectivity index (χ3n) is 5.86. The Hall–Kier alpha value is -0.680. The summed E-state index contributed by atoms with van der Waals surface area (Å²) >= 11 is 6.22. The first-order chi connectivity index (χ1) is 11.0. The molecule has 3 rings (SSSR count). The molecule has 1 N–H and O–H groups in total. The zero-order valence-corrected chi connectivity index (χ0v) is 14.7. The van der Waals surface area contributed by atoms with Crippen LogP contribution in [0.25, 0.3) is 0 Å². The maximum Gasteiger partial charge on any atom is 0.132 e. The first kappa shape index (κ1) is 17.2. The molecule has 2 aliphatic heterocycles. The van der Waals surface area contributed by atoms with E-state index in [2.05, 4.69) is 16.8 Å². The molecule has 5 heteroatoms. The predicted octanol–water partition coefficient (Wildman–Crippen LogP) is 3.07. The highest BCUT2D eigenvalue weighted by atomic mass is 35.5. The number of fused-ring (bicyclic) bond motifs is 1. The second-order valence-corrected chi connectivity index (χ2v) is 7.67. The van der Waals surface area contributed by atoms with Gasteiger partial charge in [0.15, 0.2) is 0 Å². The Balaban J connectivity index is 1.78. The third-order valence-corrected chi connectivity index (χ3v) is 6.21. The van der Waals surface area contributed by atoms with E-state index in [-0.39, 0.29) is 17.8 Å². The minimum absolute atomic E-state index is 0.0123. The Morgan fingerprint density at radius 3 is 2.87 bits per heavy atom. The van der Waals surface area contributed by atoms with E-state index in [1.54, 1.807) is 19.1 Å². The van der Waals surface area contributed by atoms with Gasteiger partial charge in [-0.1, -0.05) is 17.7 Å². The monoisotopic (exact) mass is 340 g/mol. The summed E-state index contributed by atoms with van der Waals surface area (Å²) in [5.74, 6) is -0.187. The molecule has 23 heavy (non-hydrogen) atoms. The molecule has 128 valence electrons. The van der Waals surface area contributed by atoms with Crippen LogP contribution >= 0.6 is 11.6 Å². The number of likely N-dealkylation sites (N-methyl/N-ethyl adjacent to an activating group) is 1. The molecule has 0 aromatic heterocycles. The van der Waals surface area contributed by atoms with Crippen LogP contribution in [0.5, 0.6) is 0 Å². The van der Waals surface area contributed by atoms with Crippen molar-refractivity contribution >= 4 is 11.6 Å². The summed E-state index contributed by atoms with van der Waals surface area (Å²) in [5, 5.41) is 10.5. The number of piperidine rings is 2. The molecule has 1 aromatic carbocycles. The molecule has 2 atom stereocenters. The zero-order chi connectivity index (χ0) is 16.6. The van der Waals surface area contributed by atoms with Crippen LogP contribution < -0.4 is 0 Å². The van der Waals surface area contributed by atoms with Crippen LogP contribution in [0.15, 0.2) is 12.1 Å². The van der Waals surface area contributed by atoms with Crippen molar-refractivity contribution in [2.75, 3.05) is 33.3 Å². The topological polar surface area (TPSA) is 26.7 Å². The summed E-state index contributed by atoms with van der Waals surface area (Å²) in [6.45, 7) is 5.37. The van der Waals surface area contributed by atoms with Gasteiger partial charge in [0.2, 0.25) is 0 Å². The lowest BCUT2D eigenvalue weighted by Crippen LogP contribution is -2.61. The molecule has 0 aliphatic carbocycles. The summed E-state index contributed by atoms with van der Waals surface area (Å²) in [5.41, 5.74) is 1.25. The van der Waals surface area contributed by atoms with Crippen LogP contribution in [0.1, 0.15) is 30.4 Å². The average molecular weight is 341 g/mol. The summed E-state index contributed by atoms with van der Waals surface area (Å²) < 4.78 is 14.4. The van der Waals surface area contributed by atoms with Gasteiger partial charge in [-0.3, -0.25) is 4.90 Å². The molecule has 2 heterocycles. The molecule has 2 saturated heterocycles. The van der Waals surface area contributed by atoms with E-state index < -0.39 is 0 Å². The van der Waals surface area contributed by atoms with Gasteiger partial charge in [-0.2, -0.15) is 0 Å². The van der Waals surface area contributed by atoms with Gasteiger partial charge in [0, 0.05) is 35.1 Å². The fraction of sp³-hybridized carbons (Fsp3) is 0.667. The molecule has 0 unspecified atom stereocenters. The molecule has 3 nitrogen and oxygen atoms in total. The standard InChI is InChI=1S/C18H26ClFN2O/c1-13-4-5-15(19)14(17(13)20)10-22-9-7-18(12-23)6-3-8-21(2)16(18)11-22/h4-5,16,23H,3,6-12H2,1-2H3/t16-,18-/m1/s1. The largest absolute Gasteiger partial charge is 0.396 e. The highest BCUT2D eigenvalue weighted by Gasteiger charge is 2.46. The van der Waals surface area contributed by atoms with Gasteiger partial charge in [0.05, 0.1) is 6.61 Å². The summed E-state index contributed by atoms with van der Waals surface area (Å²) in [7, 11) is 2.14. The van der Waals surface area contributed by atoms with Crippen molar-refractivity contribution in [3.05, 3.63) is 34.1 Å². The zero-order valence-electron chi connectivity index (χ0n) is 14.0. The molecular formula is C18H26ClFN2O. The van der Waals surface area contributed by atoms with Crippen molar-refractivity contribution in [2.45, 2.75) is 38.8 Å². The molecule has 2 fully saturated rings. The van der Waals surface area contributed by atoms with Crippen molar-refractivity contribution in [3.8, 4) is 0 Å². The lowest BCUT2D eigenvalue weighted by Gasteiger charge is -2.53. The van der Waals surface area contributed by atoms with Crippen LogP contribution in [-0.2, 0) is 6.54 Å². The number of likely N-dealkylation sites (tertiary alicyclic amines) is 2. The van der Waals surface area contributed by atoms with Crippen molar-refractivity contribution in [2.24, 2.45) is 5.41 Å². The Morgan fingerprint density at radius 1 is 1.35 bits per heavy atom. The summed E-state index contributed by atoms with van der Waals surface area (Å²) in [4.78, 5) is 4.64. The van der Waals surface area contributed by atoms with E-state index >= 15 is 0 Å². The van der Waals surface area contributed by atoms with Gasteiger partial charge in [-0.05, 0) is 58.0 Å². The molecule has 0 radical (unpaired) electrons. The highest BCUT2D eigenvalue weighted by molar-refractivity contribution is 6.31. The van der Waals surface area contributed by atoms with E-state index in [1.165, 1.54) is 0 Å². The first-order valence-corrected chi connectivity index (χ1v) is 8.81. The summed E-state index contributed by atoms with van der Waals surface area (Å²) in [6.07, 6.45) is 3.20. The maximum atomic E-state index is 14.4. The Morgan fingerprint density at radius 2 is 2.13 bits per heavy atom. The number of aliphatic hydroxyl groups excluding tert-OH is 1. The molecule has 2 aliphatic rings. The number of rotatable bonds is 3. The smallest absolute Gasteiger partial charge is 0.132 e. The predicted molar refractivity (Wildman–Crippen MR) is 91.2 cm³/mol. The average Bonchev–Trinajstić information content (AvgIpc) is 2.56. The quantitative estimate of drug-likeness (QED) is 0.916. The second kappa shape index (κ2) is 6.67. The molecule has 0 saturated carbocycles. The number of nitrogens with zero attached hydrogens (tertiary/aromatic N) is 2. The van der Waals surface area contributed by atoms with Crippen molar-refractivity contribution in [1.29, 1.82) is 0 Å². The fourth-order valence-corrected chi connectivity index (χ4v) is 4.51. The van der Waals surface area contributed by atoms with Gasteiger partial charge in [0.1, 0.15) is 5.82 Å². The van der Waals surface area contributed by atoms with Crippen molar-refractivity contribution in [3.63, 3.8) is 0 Å². The van der Waals surface area contributed by atoms with Gasteiger partial charge in [0.25, 0.3) is 0 Å². The lowest BCUT2D eigenvalue weighted by molar-refractivity contribution is -0.0686. The van der Waals surface area contributed by atoms with E-state index in [9.17, 15) is 9.50 Å². The third kappa shape index (κ3) is 3.14. The highest BCUT2D eigenvalue weighted by Crippen LogP contribution is 2.42. The molecular weight excluding hydrogens is 315 g/mol. The number of aryl methyl sites for hydroxylation is 1. The molecule has 0 amide bonds. The number of hydrogen-bond acceptors (Lipinski definition) is 3. The fourth-order valence-electron chi connectivity index (χ4n) is 4.30. The van der Waals surface area contributed by atoms with Crippen LogP contribution in [0.3, 0.4) is 0 Å². The number of hydrogen-bond donors (Lipinski definition) is 1. The van der Waals surface area contributed by atoms with Gasteiger partial charge in [-0.15, -0.1) is 0 Å². The Bertz CT molecular complexity index is 582. The van der Waals surface area contributed by atoms with E-state index in [0.29, 0.717) is 28.7 Å². The number of halogens is 2. The van der Waals surface area contributed by atoms with Crippen LogP contribution in [0.2, 0.25) is 5.02 Å². The Labute approximate surface area is 143 Å². The Kier molecular flexibility index (Phi) is 4.98. The van der Waals surface area contributed by atoms with Crippen molar-refractivity contribution < 1.29 is 9.50 Å². The maximum absolute atomic E-state index is 14.4. The van der Waals surface area contributed by atoms with Crippen LogP contribution in [-0.4, -0.2) is 54.2 Å².